The molecule has 0 bridgehead atoms. The van der Waals surface area contributed by atoms with Crippen LogP contribution >= 0.6 is 24.8 Å². The Labute approximate surface area is 168 Å². The molecule has 0 aliphatic carbocycles. The van der Waals surface area contributed by atoms with E-state index in [1.54, 1.807) is 0 Å². The van der Waals surface area contributed by atoms with Gasteiger partial charge in [-0.15, -0.1) is 29.9 Å². The van der Waals surface area contributed by atoms with Gasteiger partial charge in [0.15, 0.2) is 5.82 Å². The van der Waals surface area contributed by atoms with Gasteiger partial charge in [-0.05, 0) is 45.4 Å². The van der Waals surface area contributed by atoms with E-state index < -0.39 is 0 Å². The van der Waals surface area contributed by atoms with E-state index in [0.29, 0.717) is 6.04 Å². The number of rotatable bonds is 6. The van der Waals surface area contributed by atoms with Gasteiger partial charge in [-0.25, -0.2) is 9.67 Å². The minimum atomic E-state index is 0. The SMILES string of the molecule is CN(C)CC(C)(C)Cn1ccnc1-c1cn(C2CCNCC2)nn1.Cl.Cl. The molecular formula is C17H31Cl2N7. The lowest BCUT2D eigenvalue weighted by Gasteiger charge is -2.29. The lowest BCUT2D eigenvalue weighted by molar-refractivity contribution is 0.212. The summed E-state index contributed by atoms with van der Waals surface area (Å²) < 4.78 is 4.21. The summed E-state index contributed by atoms with van der Waals surface area (Å²) in [6.45, 7) is 8.58. The molecule has 9 heteroatoms. The van der Waals surface area contributed by atoms with Crippen molar-refractivity contribution >= 4 is 24.8 Å². The van der Waals surface area contributed by atoms with E-state index in [2.05, 4.69) is 58.0 Å². The van der Waals surface area contributed by atoms with Crippen molar-refractivity contribution in [1.82, 2.24) is 34.8 Å². The highest BCUT2D eigenvalue weighted by Crippen LogP contribution is 2.24. The number of piperidine rings is 1. The van der Waals surface area contributed by atoms with Crippen LogP contribution in [0, 0.1) is 5.41 Å². The van der Waals surface area contributed by atoms with E-state index in [0.717, 1.165) is 50.5 Å². The van der Waals surface area contributed by atoms with Crippen LogP contribution in [0.2, 0.25) is 0 Å². The van der Waals surface area contributed by atoms with Crippen LogP contribution in [0.15, 0.2) is 18.6 Å². The van der Waals surface area contributed by atoms with Crippen molar-refractivity contribution in [2.75, 3.05) is 33.7 Å². The Bertz CT molecular complexity index is 660. The molecule has 1 fully saturated rings. The maximum absolute atomic E-state index is 4.53. The summed E-state index contributed by atoms with van der Waals surface area (Å²) in [7, 11) is 4.22. The Kier molecular flexibility index (Phi) is 8.53. The fraction of sp³-hybridized carbons (Fsp3) is 0.706. The third kappa shape index (κ3) is 5.67. The fourth-order valence-corrected chi connectivity index (χ4v) is 3.67. The molecule has 2 aromatic heterocycles. The topological polar surface area (TPSA) is 63.8 Å². The molecule has 0 atom stereocenters. The normalized spacial score (nSPS) is 15.6. The maximum Gasteiger partial charge on any atom is 0.162 e. The zero-order valence-corrected chi connectivity index (χ0v) is 17.7. The van der Waals surface area contributed by atoms with E-state index >= 15 is 0 Å². The second-order valence-electron chi connectivity index (χ2n) is 7.85. The first-order valence-corrected chi connectivity index (χ1v) is 8.73. The largest absolute Gasteiger partial charge is 0.329 e. The minimum Gasteiger partial charge on any atom is -0.329 e. The molecule has 0 spiro atoms. The first-order valence-electron chi connectivity index (χ1n) is 8.73. The second-order valence-corrected chi connectivity index (χ2v) is 7.85. The molecule has 0 aromatic carbocycles. The Balaban J connectivity index is 0.00000169. The summed E-state index contributed by atoms with van der Waals surface area (Å²) in [6.07, 6.45) is 8.15. The molecule has 1 N–H and O–H groups in total. The van der Waals surface area contributed by atoms with E-state index in [9.17, 15) is 0 Å². The predicted molar refractivity (Wildman–Crippen MR) is 109 cm³/mol. The van der Waals surface area contributed by atoms with Crippen LogP contribution in [0.5, 0.6) is 0 Å². The second kappa shape index (κ2) is 9.69. The van der Waals surface area contributed by atoms with Gasteiger partial charge in [0, 0.05) is 25.5 Å². The summed E-state index contributed by atoms with van der Waals surface area (Å²) in [5, 5.41) is 12.1. The van der Waals surface area contributed by atoms with Gasteiger partial charge >= 0.3 is 0 Å². The van der Waals surface area contributed by atoms with Gasteiger partial charge in [-0.2, -0.15) is 0 Å². The smallest absolute Gasteiger partial charge is 0.162 e. The number of hydrogen-bond donors (Lipinski definition) is 1. The van der Waals surface area contributed by atoms with Crippen molar-refractivity contribution in [2.45, 2.75) is 39.3 Å². The number of halogens is 2. The van der Waals surface area contributed by atoms with Crippen LogP contribution in [-0.4, -0.2) is 63.2 Å². The molecule has 3 heterocycles. The summed E-state index contributed by atoms with van der Waals surface area (Å²) in [5.74, 6) is 0.905. The lowest BCUT2D eigenvalue weighted by Crippen LogP contribution is -2.32. The maximum atomic E-state index is 4.53. The molecule has 0 amide bonds. The molecule has 0 unspecified atom stereocenters. The van der Waals surface area contributed by atoms with Crippen molar-refractivity contribution in [3.63, 3.8) is 0 Å². The molecule has 2 aromatic rings. The number of imidazole rings is 1. The third-order valence-electron chi connectivity index (χ3n) is 4.48. The highest BCUT2D eigenvalue weighted by atomic mass is 35.5. The highest BCUT2D eigenvalue weighted by Gasteiger charge is 2.23. The van der Waals surface area contributed by atoms with Crippen molar-refractivity contribution in [1.29, 1.82) is 0 Å². The average Bonchev–Trinajstić information content (AvgIpc) is 3.15. The molecule has 1 aliphatic heterocycles. The molecule has 0 saturated carbocycles. The zero-order valence-electron chi connectivity index (χ0n) is 16.1. The molecule has 1 aliphatic rings. The van der Waals surface area contributed by atoms with Crippen molar-refractivity contribution in [3.8, 4) is 11.5 Å². The molecule has 7 nitrogen and oxygen atoms in total. The third-order valence-corrected chi connectivity index (χ3v) is 4.48. The predicted octanol–water partition coefficient (Wildman–Crippen LogP) is 2.50. The van der Waals surface area contributed by atoms with Crippen LogP contribution in [0.1, 0.15) is 32.7 Å². The van der Waals surface area contributed by atoms with Crippen molar-refractivity contribution < 1.29 is 0 Å². The van der Waals surface area contributed by atoms with Crippen LogP contribution < -0.4 is 5.32 Å². The van der Waals surface area contributed by atoms with Gasteiger partial charge < -0.3 is 14.8 Å². The standard InChI is InChI=1S/C17H29N7.2ClH/c1-17(2,12-22(3)4)13-23-10-9-19-16(23)15-11-24(21-20-15)14-5-7-18-8-6-14;;/h9-11,14,18H,5-8,12-13H2,1-4H3;2*1H. The summed E-state index contributed by atoms with van der Waals surface area (Å²) in [6, 6.07) is 0.445. The van der Waals surface area contributed by atoms with Gasteiger partial charge in [0.05, 0.1) is 12.2 Å². The van der Waals surface area contributed by atoms with Crippen LogP contribution in [0.25, 0.3) is 11.5 Å². The first kappa shape index (κ1) is 22.9. The highest BCUT2D eigenvalue weighted by molar-refractivity contribution is 5.85. The fourth-order valence-electron chi connectivity index (χ4n) is 3.67. The summed E-state index contributed by atoms with van der Waals surface area (Å²) >= 11 is 0. The van der Waals surface area contributed by atoms with Crippen LogP contribution in [-0.2, 0) is 6.54 Å². The number of hydrogen-bond acceptors (Lipinski definition) is 5. The van der Waals surface area contributed by atoms with Crippen molar-refractivity contribution in [3.05, 3.63) is 18.6 Å². The average molecular weight is 404 g/mol. The van der Waals surface area contributed by atoms with E-state index in [1.165, 1.54) is 0 Å². The zero-order chi connectivity index (χ0) is 17.2. The van der Waals surface area contributed by atoms with Gasteiger partial charge in [-0.1, -0.05) is 19.1 Å². The Morgan fingerprint density at radius 3 is 2.58 bits per heavy atom. The number of nitrogens with one attached hydrogen (secondary N) is 1. The summed E-state index contributed by atoms with van der Waals surface area (Å²) in [4.78, 5) is 6.76. The van der Waals surface area contributed by atoms with E-state index in [-0.39, 0.29) is 30.2 Å². The van der Waals surface area contributed by atoms with Gasteiger partial charge in [-0.3, -0.25) is 0 Å². The van der Waals surface area contributed by atoms with Crippen LogP contribution in [0.3, 0.4) is 0 Å². The number of nitrogens with zero attached hydrogens (tertiary/aromatic N) is 6. The van der Waals surface area contributed by atoms with Crippen molar-refractivity contribution in [2.24, 2.45) is 5.41 Å². The first-order chi connectivity index (χ1) is 11.4. The molecule has 1 saturated heterocycles. The van der Waals surface area contributed by atoms with Gasteiger partial charge in [0.2, 0.25) is 0 Å². The minimum absolute atomic E-state index is 0. The van der Waals surface area contributed by atoms with E-state index in [1.807, 2.05) is 23.3 Å². The van der Waals surface area contributed by atoms with E-state index in [4.69, 9.17) is 0 Å². The molecule has 26 heavy (non-hydrogen) atoms. The monoisotopic (exact) mass is 403 g/mol. The summed E-state index contributed by atoms with van der Waals surface area (Å²) in [5.41, 5.74) is 1.02. The Morgan fingerprint density at radius 2 is 1.92 bits per heavy atom. The quantitative estimate of drug-likeness (QED) is 0.802. The van der Waals surface area contributed by atoms with Gasteiger partial charge in [0.25, 0.3) is 0 Å². The molecule has 148 valence electrons. The van der Waals surface area contributed by atoms with Gasteiger partial charge in [0.1, 0.15) is 5.69 Å². The molecule has 3 rings (SSSR count). The molecular weight excluding hydrogens is 373 g/mol. The molecule has 0 radical (unpaired) electrons. The lowest BCUT2D eigenvalue weighted by atomic mass is 9.93. The Hall–Kier alpha value is -1.15. The Morgan fingerprint density at radius 1 is 1.23 bits per heavy atom. The number of aromatic nitrogens is 5. The van der Waals surface area contributed by atoms with Crippen LogP contribution in [0.4, 0.5) is 0 Å².